The van der Waals surface area contributed by atoms with Crippen molar-refractivity contribution in [2.24, 2.45) is 7.05 Å². The van der Waals surface area contributed by atoms with Gasteiger partial charge in [-0.05, 0) is 22.6 Å². The van der Waals surface area contributed by atoms with Crippen LogP contribution >= 0.6 is 45.8 Å². The maximum absolute atomic E-state index is 11.6. The van der Waals surface area contributed by atoms with Gasteiger partial charge in [-0.15, -0.1) is 0 Å². The first-order valence-electron chi connectivity index (χ1n) is 3.88. The Kier molecular flexibility index (Phi) is 4.42. The summed E-state index contributed by atoms with van der Waals surface area (Å²) in [6.07, 6.45) is 1.47. The number of hydrogen-bond donors (Lipinski definition) is 0. The number of aryl methyl sites for hydroxylation is 1. The molecule has 15 heavy (non-hydrogen) atoms. The molecule has 1 heterocycles. The highest BCUT2D eigenvalue weighted by atomic mass is 127. The minimum atomic E-state index is -0.419. The Hall–Kier alpha value is -0.270. The van der Waals surface area contributed by atoms with Crippen molar-refractivity contribution in [2.75, 3.05) is 0 Å². The Labute approximate surface area is 109 Å². The normalized spacial score (nSPS) is 11.9. The van der Waals surface area contributed by atoms with Gasteiger partial charge in [-0.3, -0.25) is 9.36 Å². The van der Waals surface area contributed by atoms with Crippen molar-refractivity contribution < 1.29 is 0 Å². The zero-order valence-corrected chi connectivity index (χ0v) is 11.4. The van der Waals surface area contributed by atoms with Crippen LogP contribution in [0.3, 0.4) is 0 Å². The van der Waals surface area contributed by atoms with Gasteiger partial charge >= 0.3 is 5.69 Å². The third-order valence-electron chi connectivity index (χ3n) is 1.72. The van der Waals surface area contributed by atoms with E-state index in [1.54, 1.807) is 7.05 Å². The van der Waals surface area contributed by atoms with Crippen LogP contribution in [0.5, 0.6) is 0 Å². The smallest absolute Gasteiger partial charge is 0.302 e. The molecule has 0 aromatic carbocycles. The molecule has 1 aromatic rings. The van der Waals surface area contributed by atoms with Gasteiger partial charge in [0.1, 0.15) is 0 Å². The predicted octanol–water partition coefficient (Wildman–Crippen LogP) is 1.47. The fourth-order valence-corrected chi connectivity index (χ4v) is 1.91. The molecule has 82 valence electrons. The second-order valence-electron chi connectivity index (χ2n) is 2.82. The molecule has 1 rings (SSSR count). The van der Waals surface area contributed by atoms with Gasteiger partial charge in [0, 0.05) is 23.8 Å². The Bertz CT molecular complexity index is 484. The number of halogens is 3. The van der Waals surface area contributed by atoms with E-state index < -0.39 is 5.69 Å². The van der Waals surface area contributed by atoms with E-state index >= 15 is 0 Å². The third-order valence-corrected chi connectivity index (χ3v) is 3.06. The number of hydrogen-bond acceptors (Lipinski definition) is 2. The lowest BCUT2D eigenvalue weighted by molar-refractivity contribution is 0.638. The second-order valence-corrected chi connectivity index (χ2v) is 4.68. The lowest BCUT2D eigenvalue weighted by Gasteiger charge is -2.06. The van der Waals surface area contributed by atoms with Crippen molar-refractivity contribution >= 4 is 45.8 Å². The number of rotatable bonds is 2. The topological polar surface area (TPSA) is 44.0 Å². The lowest BCUT2D eigenvalue weighted by atomic mass is 10.5. The summed E-state index contributed by atoms with van der Waals surface area (Å²) in [6.45, 7) is -0.00654. The minimum Gasteiger partial charge on any atom is -0.302 e. The van der Waals surface area contributed by atoms with Crippen LogP contribution in [0, 0.1) is 3.57 Å². The molecule has 7 heteroatoms. The van der Waals surface area contributed by atoms with E-state index in [0.29, 0.717) is 3.57 Å². The third kappa shape index (κ3) is 2.85. The summed E-state index contributed by atoms with van der Waals surface area (Å²) in [4.78, 5) is 23.2. The first kappa shape index (κ1) is 12.8. The molecule has 0 unspecified atom stereocenters. The van der Waals surface area contributed by atoms with Crippen LogP contribution in [0.4, 0.5) is 0 Å². The molecule has 1 aromatic heterocycles. The molecule has 0 saturated carbocycles. The molecule has 0 fully saturated rings. The molecule has 0 bridgehead atoms. The van der Waals surface area contributed by atoms with Gasteiger partial charge in [-0.2, -0.15) is 0 Å². The Morgan fingerprint density at radius 3 is 2.73 bits per heavy atom. The van der Waals surface area contributed by atoms with E-state index in [1.807, 2.05) is 22.6 Å². The highest BCUT2D eigenvalue weighted by Gasteiger charge is 2.08. The molecule has 0 aliphatic carbocycles. The van der Waals surface area contributed by atoms with E-state index in [2.05, 4.69) is 0 Å². The molecule has 0 saturated heterocycles. The summed E-state index contributed by atoms with van der Waals surface area (Å²) < 4.78 is 2.80. The van der Waals surface area contributed by atoms with Crippen molar-refractivity contribution in [1.29, 1.82) is 0 Å². The number of aromatic nitrogens is 2. The van der Waals surface area contributed by atoms with Gasteiger partial charge in [0.15, 0.2) is 0 Å². The predicted molar refractivity (Wildman–Crippen MR) is 68.4 cm³/mol. The van der Waals surface area contributed by atoms with Gasteiger partial charge in [0.05, 0.1) is 10.1 Å². The fraction of sp³-hybridized carbons (Fsp3) is 0.250. The molecular weight excluding hydrogens is 354 g/mol. The van der Waals surface area contributed by atoms with Crippen molar-refractivity contribution in [3.05, 3.63) is 41.2 Å². The molecule has 0 aliphatic heterocycles. The molecule has 0 radical (unpaired) electrons. The van der Waals surface area contributed by atoms with E-state index in [0.717, 1.165) is 10.1 Å². The van der Waals surface area contributed by atoms with Gasteiger partial charge < -0.3 is 4.57 Å². The summed E-state index contributed by atoms with van der Waals surface area (Å²) in [5, 5.41) is 0.234. The van der Waals surface area contributed by atoms with Crippen molar-refractivity contribution in [2.45, 2.75) is 6.54 Å². The van der Waals surface area contributed by atoms with Crippen molar-refractivity contribution in [1.82, 2.24) is 9.13 Å². The van der Waals surface area contributed by atoms with Crippen LogP contribution < -0.4 is 11.2 Å². The van der Waals surface area contributed by atoms with Crippen LogP contribution in [0.2, 0.25) is 0 Å². The molecular formula is C8H7Cl2IN2O2. The monoisotopic (exact) mass is 360 g/mol. The highest BCUT2D eigenvalue weighted by Crippen LogP contribution is 2.04. The van der Waals surface area contributed by atoms with Crippen molar-refractivity contribution in [3.8, 4) is 0 Å². The first-order valence-corrected chi connectivity index (χ1v) is 5.77. The summed E-state index contributed by atoms with van der Waals surface area (Å²) in [5.74, 6) is 0. The molecule has 4 nitrogen and oxygen atoms in total. The molecule has 0 atom stereocenters. The van der Waals surface area contributed by atoms with Crippen LogP contribution in [0.1, 0.15) is 0 Å². The SMILES string of the molecule is Cn1cc(I)c(=O)n(CC(Cl)=CCl)c1=O. The van der Waals surface area contributed by atoms with Crippen LogP contribution in [-0.2, 0) is 13.6 Å². The quantitative estimate of drug-likeness (QED) is 0.750. The standard InChI is InChI=1S/C8H7Cl2IN2O2/c1-12-4-6(11)7(14)13(8(12)15)3-5(10)2-9/h2,4H,3H2,1H3. The zero-order chi connectivity index (χ0) is 11.6. The van der Waals surface area contributed by atoms with Crippen LogP contribution in [0.25, 0.3) is 0 Å². The molecule has 0 amide bonds. The summed E-state index contributed by atoms with van der Waals surface area (Å²) in [5.41, 5.74) is 0.347. The van der Waals surface area contributed by atoms with E-state index in [-0.39, 0.29) is 17.1 Å². The first-order chi connectivity index (χ1) is 6.97. The average molecular weight is 361 g/mol. The van der Waals surface area contributed by atoms with E-state index in [9.17, 15) is 9.59 Å². The zero-order valence-electron chi connectivity index (χ0n) is 7.71. The second kappa shape index (κ2) is 5.18. The Balaban J connectivity index is 3.41. The maximum atomic E-state index is 11.6. The largest absolute Gasteiger partial charge is 0.331 e. The Morgan fingerprint density at radius 1 is 1.60 bits per heavy atom. The summed E-state index contributed by atoms with van der Waals surface area (Å²) >= 11 is 12.9. The maximum Gasteiger partial charge on any atom is 0.331 e. The highest BCUT2D eigenvalue weighted by molar-refractivity contribution is 14.1. The van der Waals surface area contributed by atoms with Crippen LogP contribution in [0.15, 0.2) is 26.4 Å². The molecule has 0 N–H and O–H groups in total. The summed E-state index contributed by atoms with van der Waals surface area (Å²) in [6, 6.07) is 0. The van der Waals surface area contributed by atoms with Gasteiger partial charge in [0.2, 0.25) is 0 Å². The van der Waals surface area contributed by atoms with E-state index in [1.165, 1.54) is 10.8 Å². The fourth-order valence-electron chi connectivity index (χ4n) is 1.01. The minimum absolute atomic E-state index is 0.00654. The average Bonchev–Trinajstić information content (AvgIpc) is 2.21. The number of allylic oxidation sites excluding steroid dienone is 1. The molecule has 0 aliphatic rings. The van der Waals surface area contributed by atoms with Crippen molar-refractivity contribution in [3.63, 3.8) is 0 Å². The van der Waals surface area contributed by atoms with Gasteiger partial charge in [-0.1, -0.05) is 23.2 Å². The van der Waals surface area contributed by atoms with Gasteiger partial charge in [-0.25, -0.2) is 4.79 Å². The Morgan fingerprint density at radius 2 is 2.20 bits per heavy atom. The molecule has 0 spiro atoms. The van der Waals surface area contributed by atoms with E-state index in [4.69, 9.17) is 23.2 Å². The lowest BCUT2D eigenvalue weighted by Crippen LogP contribution is -2.40. The van der Waals surface area contributed by atoms with Gasteiger partial charge in [0.25, 0.3) is 5.56 Å². The number of nitrogens with zero attached hydrogens (tertiary/aromatic N) is 2. The summed E-state index contributed by atoms with van der Waals surface area (Å²) in [7, 11) is 1.57. The van der Waals surface area contributed by atoms with Crippen LogP contribution in [-0.4, -0.2) is 9.13 Å².